The van der Waals surface area contributed by atoms with E-state index in [0.29, 0.717) is 25.6 Å². The van der Waals surface area contributed by atoms with Gasteiger partial charge >= 0.3 is 0 Å². The van der Waals surface area contributed by atoms with Gasteiger partial charge in [-0.25, -0.2) is 4.98 Å². The van der Waals surface area contributed by atoms with Crippen LogP contribution in [0, 0.1) is 0 Å². The van der Waals surface area contributed by atoms with Crippen molar-refractivity contribution in [2.45, 2.75) is 75.2 Å². The van der Waals surface area contributed by atoms with Crippen molar-refractivity contribution in [3.63, 3.8) is 0 Å². The normalized spacial score (nSPS) is 33.8. The molecule has 0 aromatic carbocycles. The Morgan fingerprint density at radius 2 is 2.27 bits per heavy atom. The third-order valence-electron chi connectivity index (χ3n) is 5.77. The van der Waals surface area contributed by atoms with Crippen molar-refractivity contribution < 1.29 is 19.4 Å². The zero-order valence-electron chi connectivity index (χ0n) is 15.1. The highest BCUT2D eigenvalue weighted by molar-refractivity contribution is 5.76. The molecule has 5 atom stereocenters. The highest BCUT2D eigenvalue weighted by Gasteiger charge is 2.50. The second-order valence-electron chi connectivity index (χ2n) is 7.63. The van der Waals surface area contributed by atoms with Gasteiger partial charge in [-0.2, -0.15) is 0 Å². The van der Waals surface area contributed by atoms with Crippen molar-refractivity contribution in [1.82, 2.24) is 20.2 Å². The summed E-state index contributed by atoms with van der Waals surface area (Å²) in [5.41, 5.74) is 0. The Hall–Kier alpha value is -1.48. The lowest BCUT2D eigenvalue weighted by molar-refractivity contribution is -0.125. The Morgan fingerprint density at radius 1 is 1.42 bits per heavy atom. The summed E-state index contributed by atoms with van der Waals surface area (Å²) in [5, 5.41) is 16.8. The van der Waals surface area contributed by atoms with Gasteiger partial charge in [-0.05, 0) is 12.8 Å². The van der Waals surface area contributed by atoms with E-state index in [1.165, 1.54) is 19.3 Å². The molecule has 1 saturated carbocycles. The molecule has 1 aromatic rings. The van der Waals surface area contributed by atoms with E-state index in [4.69, 9.17) is 9.47 Å². The third kappa shape index (κ3) is 3.78. The summed E-state index contributed by atoms with van der Waals surface area (Å²) in [6.45, 7) is 1.06. The number of aliphatic hydroxyl groups is 1. The molecule has 8 nitrogen and oxygen atoms in total. The molecular weight excluding hydrogens is 336 g/mol. The third-order valence-corrected chi connectivity index (χ3v) is 5.77. The van der Waals surface area contributed by atoms with Gasteiger partial charge in [-0.3, -0.25) is 4.79 Å². The Kier molecular flexibility index (Phi) is 5.26. The second kappa shape index (κ2) is 7.64. The summed E-state index contributed by atoms with van der Waals surface area (Å²) < 4.78 is 13.8. The van der Waals surface area contributed by atoms with E-state index in [1.807, 2.05) is 17.8 Å². The minimum Gasteiger partial charge on any atom is -0.388 e. The molecule has 0 radical (unpaired) electrons. The van der Waals surface area contributed by atoms with E-state index in [0.717, 1.165) is 5.82 Å². The summed E-state index contributed by atoms with van der Waals surface area (Å²) in [7, 11) is 1.89. The van der Waals surface area contributed by atoms with Gasteiger partial charge in [0.1, 0.15) is 18.0 Å². The number of rotatable bonds is 7. The quantitative estimate of drug-likeness (QED) is 0.623. The number of amides is 1. The Labute approximate surface area is 153 Å². The predicted octanol–water partition coefficient (Wildman–Crippen LogP) is -0.146. The molecule has 144 valence electrons. The fourth-order valence-electron chi connectivity index (χ4n) is 3.93. The Balaban J connectivity index is 1.19. The van der Waals surface area contributed by atoms with Crippen LogP contribution in [0.1, 0.15) is 37.9 Å². The SMILES string of the molecule is Cn1ccnc1CNC(=O)C[C@@H]1C[C@H]2O[C@H](CNC3CCC3)[C@@H](O)[C@H]2O1. The van der Waals surface area contributed by atoms with Crippen molar-refractivity contribution in [3.05, 3.63) is 18.2 Å². The summed E-state index contributed by atoms with van der Waals surface area (Å²) in [4.78, 5) is 16.3. The first-order valence-electron chi connectivity index (χ1n) is 9.55. The molecule has 3 N–H and O–H groups in total. The first-order valence-corrected chi connectivity index (χ1v) is 9.55. The zero-order valence-corrected chi connectivity index (χ0v) is 15.1. The lowest BCUT2D eigenvalue weighted by atomic mass is 9.93. The summed E-state index contributed by atoms with van der Waals surface area (Å²) in [6.07, 6.45) is 6.68. The van der Waals surface area contributed by atoms with Gasteiger partial charge in [0.05, 0.1) is 31.3 Å². The van der Waals surface area contributed by atoms with Crippen molar-refractivity contribution >= 4 is 5.91 Å². The minimum atomic E-state index is -0.631. The molecule has 3 aliphatic rings. The van der Waals surface area contributed by atoms with Crippen LogP contribution in [0.2, 0.25) is 0 Å². The van der Waals surface area contributed by atoms with Gasteiger partial charge in [0.2, 0.25) is 5.91 Å². The number of aliphatic hydroxyl groups excluding tert-OH is 1. The molecule has 4 rings (SSSR count). The molecule has 3 fully saturated rings. The predicted molar refractivity (Wildman–Crippen MR) is 93.3 cm³/mol. The van der Waals surface area contributed by atoms with Crippen LogP contribution in [0.4, 0.5) is 0 Å². The smallest absolute Gasteiger partial charge is 0.222 e. The van der Waals surface area contributed by atoms with Crippen LogP contribution in [0.5, 0.6) is 0 Å². The number of ether oxygens (including phenoxy) is 2. The average Bonchev–Trinajstić information content (AvgIpc) is 3.22. The number of aryl methyl sites for hydroxylation is 1. The lowest BCUT2D eigenvalue weighted by Crippen LogP contribution is -2.44. The summed E-state index contributed by atoms with van der Waals surface area (Å²) >= 11 is 0. The van der Waals surface area contributed by atoms with Crippen LogP contribution in [0.25, 0.3) is 0 Å². The van der Waals surface area contributed by atoms with Gasteiger partial charge in [0, 0.05) is 38.4 Å². The van der Waals surface area contributed by atoms with Crippen LogP contribution in [0.15, 0.2) is 12.4 Å². The Morgan fingerprint density at radius 3 is 2.92 bits per heavy atom. The second-order valence-corrected chi connectivity index (χ2v) is 7.63. The van der Waals surface area contributed by atoms with E-state index in [-0.39, 0.29) is 36.7 Å². The van der Waals surface area contributed by atoms with E-state index in [9.17, 15) is 9.90 Å². The fourth-order valence-corrected chi connectivity index (χ4v) is 3.93. The molecule has 3 heterocycles. The largest absolute Gasteiger partial charge is 0.388 e. The van der Waals surface area contributed by atoms with E-state index < -0.39 is 6.10 Å². The van der Waals surface area contributed by atoms with Crippen LogP contribution in [0.3, 0.4) is 0 Å². The number of fused-ring (bicyclic) bond motifs is 1. The monoisotopic (exact) mass is 364 g/mol. The van der Waals surface area contributed by atoms with Crippen molar-refractivity contribution in [2.75, 3.05) is 6.54 Å². The van der Waals surface area contributed by atoms with E-state index in [1.54, 1.807) is 6.20 Å². The summed E-state index contributed by atoms with van der Waals surface area (Å²) in [5.74, 6) is 0.735. The number of aromatic nitrogens is 2. The van der Waals surface area contributed by atoms with Crippen LogP contribution >= 0.6 is 0 Å². The number of hydrogen-bond donors (Lipinski definition) is 3. The number of hydrogen-bond acceptors (Lipinski definition) is 6. The maximum absolute atomic E-state index is 12.1. The van der Waals surface area contributed by atoms with Gasteiger partial charge in [0.25, 0.3) is 0 Å². The van der Waals surface area contributed by atoms with Crippen LogP contribution in [-0.4, -0.2) is 63.7 Å². The maximum atomic E-state index is 12.1. The molecular formula is C18H28N4O4. The molecule has 1 aromatic heterocycles. The molecule has 0 bridgehead atoms. The highest BCUT2D eigenvalue weighted by atomic mass is 16.6. The fraction of sp³-hybridized carbons (Fsp3) is 0.778. The topological polar surface area (TPSA) is 97.6 Å². The van der Waals surface area contributed by atoms with Gasteiger partial charge in [0.15, 0.2) is 0 Å². The standard InChI is InChI=1S/C18H28N4O4/c1-22-6-5-19-15(22)10-21-16(23)8-12-7-13-18(25-12)17(24)14(26-13)9-20-11-3-2-4-11/h5-6,11-14,17-18,20,24H,2-4,7-10H2,1H3,(H,21,23)/t12-,13+,14+,17+,18-/m0/s1. The molecule has 1 aliphatic carbocycles. The summed E-state index contributed by atoms with van der Waals surface area (Å²) in [6, 6.07) is 0.572. The number of nitrogens with zero attached hydrogens (tertiary/aromatic N) is 2. The first kappa shape index (κ1) is 17.9. The van der Waals surface area contributed by atoms with Crippen LogP contribution < -0.4 is 10.6 Å². The van der Waals surface area contributed by atoms with Crippen LogP contribution in [-0.2, 0) is 27.9 Å². The Bertz CT molecular complexity index is 632. The highest BCUT2D eigenvalue weighted by Crippen LogP contribution is 2.35. The molecule has 1 amide bonds. The van der Waals surface area contributed by atoms with Crippen molar-refractivity contribution in [1.29, 1.82) is 0 Å². The van der Waals surface area contributed by atoms with Crippen molar-refractivity contribution in [3.8, 4) is 0 Å². The molecule has 0 spiro atoms. The molecule has 26 heavy (non-hydrogen) atoms. The van der Waals surface area contributed by atoms with Gasteiger partial charge in [-0.15, -0.1) is 0 Å². The van der Waals surface area contributed by atoms with Gasteiger partial charge < -0.3 is 29.8 Å². The first-order chi connectivity index (χ1) is 12.6. The maximum Gasteiger partial charge on any atom is 0.222 e. The minimum absolute atomic E-state index is 0.0735. The average molecular weight is 364 g/mol. The van der Waals surface area contributed by atoms with Gasteiger partial charge in [-0.1, -0.05) is 6.42 Å². The van der Waals surface area contributed by atoms with E-state index in [2.05, 4.69) is 15.6 Å². The zero-order chi connectivity index (χ0) is 18.1. The molecule has 0 unspecified atom stereocenters. The molecule has 8 heteroatoms. The molecule has 2 saturated heterocycles. The number of imidazole rings is 1. The number of carbonyl (C=O) groups excluding carboxylic acids is 1. The lowest BCUT2D eigenvalue weighted by Gasteiger charge is -2.29. The number of carbonyl (C=O) groups is 1. The van der Waals surface area contributed by atoms with E-state index >= 15 is 0 Å². The molecule has 2 aliphatic heterocycles. The number of nitrogens with one attached hydrogen (secondary N) is 2. The van der Waals surface area contributed by atoms with Crippen molar-refractivity contribution in [2.24, 2.45) is 7.05 Å².